The number of hydrogen-bond acceptors (Lipinski definition) is 4. The van der Waals surface area contributed by atoms with Crippen LogP contribution in [-0.4, -0.2) is 25.9 Å². The molecule has 35 heavy (non-hydrogen) atoms. The van der Waals surface area contributed by atoms with Crippen molar-refractivity contribution in [2.24, 2.45) is 0 Å². The number of imidazole rings is 1. The van der Waals surface area contributed by atoms with Crippen molar-refractivity contribution < 1.29 is 22.8 Å². The first-order chi connectivity index (χ1) is 16.8. The Labute approximate surface area is 197 Å². The number of rotatable bonds is 7. The maximum Gasteiger partial charge on any atom is 0.416 e. The van der Waals surface area contributed by atoms with Crippen molar-refractivity contribution in [2.45, 2.75) is 25.7 Å². The van der Waals surface area contributed by atoms with Crippen molar-refractivity contribution in [1.82, 2.24) is 19.4 Å². The van der Waals surface area contributed by atoms with Crippen molar-refractivity contribution in [3.8, 4) is 0 Å². The molecule has 0 bridgehead atoms. The lowest BCUT2D eigenvalue weighted by Crippen LogP contribution is -2.24. The number of benzene rings is 2. The molecule has 2 amide bonds. The average molecular weight is 479 g/mol. The molecule has 5 rings (SSSR count). The third-order valence-electron chi connectivity index (χ3n) is 5.85. The first-order valence-corrected chi connectivity index (χ1v) is 10.9. The molecule has 0 atom stereocenters. The van der Waals surface area contributed by atoms with Crippen LogP contribution in [0.3, 0.4) is 0 Å². The van der Waals surface area contributed by atoms with Crippen LogP contribution in [0.5, 0.6) is 0 Å². The van der Waals surface area contributed by atoms with E-state index in [9.17, 15) is 22.8 Å². The largest absolute Gasteiger partial charge is 0.416 e. The molecular formula is C25H20F3N5O2. The van der Waals surface area contributed by atoms with E-state index in [0.29, 0.717) is 12.1 Å². The van der Waals surface area contributed by atoms with Gasteiger partial charge in [0.1, 0.15) is 5.70 Å². The number of nitrogens with zero attached hydrogens (tertiary/aromatic N) is 3. The Kier molecular flexibility index (Phi) is 5.64. The summed E-state index contributed by atoms with van der Waals surface area (Å²) >= 11 is 0. The molecule has 4 aromatic rings. The number of alkyl halides is 3. The van der Waals surface area contributed by atoms with E-state index in [1.807, 2.05) is 45.8 Å². The lowest BCUT2D eigenvalue weighted by molar-refractivity contribution is -0.137. The van der Waals surface area contributed by atoms with Crippen molar-refractivity contribution in [3.63, 3.8) is 0 Å². The van der Waals surface area contributed by atoms with Crippen LogP contribution in [0.4, 0.5) is 18.9 Å². The van der Waals surface area contributed by atoms with Crippen LogP contribution in [0.25, 0.3) is 16.5 Å². The molecule has 178 valence electrons. The summed E-state index contributed by atoms with van der Waals surface area (Å²) in [6.45, 7) is 1.44. The fourth-order valence-corrected chi connectivity index (χ4v) is 4.19. The number of fused-ring (bicyclic) bond motifs is 1. The first-order valence-electron chi connectivity index (χ1n) is 10.9. The molecule has 0 spiro atoms. The summed E-state index contributed by atoms with van der Waals surface area (Å²) < 4.78 is 42.7. The number of anilines is 1. The van der Waals surface area contributed by atoms with Gasteiger partial charge < -0.3 is 14.5 Å². The minimum atomic E-state index is -4.47. The van der Waals surface area contributed by atoms with Gasteiger partial charge in [-0.15, -0.1) is 0 Å². The van der Waals surface area contributed by atoms with E-state index in [0.717, 1.165) is 36.0 Å². The lowest BCUT2D eigenvalue weighted by Gasteiger charge is -2.10. The summed E-state index contributed by atoms with van der Waals surface area (Å²) in [6, 6.07) is 11.8. The maximum atomic E-state index is 12.9. The van der Waals surface area contributed by atoms with Gasteiger partial charge in [0.15, 0.2) is 0 Å². The number of amides is 2. The molecule has 2 N–H and O–H groups in total. The molecule has 0 radical (unpaired) electrons. The molecule has 0 saturated heterocycles. The van der Waals surface area contributed by atoms with E-state index < -0.39 is 23.6 Å². The Morgan fingerprint density at radius 1 is 0.971 bits per heavy atom. The number of para-hydroxylation sites is 1. The van der Waals surface area contributed by atoms with E-state index in [-0.39, 0.29) is 17.0 Å². The van der Waals surface area contributed by atoms with Crippen LogP contribution in [0.1, 0.15) is 17.5 Å². The number of aryl methyl sites for hydroxylation is 2. The third-order valence-corrected chi connectivity index (χ3v) is 5.85. The molecule has 1 aliphatic rings. The van der Waals surface area contributed by atoms with Crippen LogP contribution < -0.4 is 10.6 Å². The van der Waals surface area contributed by atoms with Gasteiger partial charge in [-0.25, -0.2) is 4.98 Å². The second-order valence-electron chi connectivity index (χ2n) is 8.14. The Morgan fingerprint density at radius 3 is 2.46 bits per heavy atom. The van der Waals surface area contributed by atoms with Gasteiger partial charge in [0.25, 0.3) is 11.8 Å². The SMILES string of the molecule is O=C1NC(=O)C(c2cn(CCCn3ccnc3)c3ccccc23)=C1Nc1ccc(C(F)(F)F)cc1. The van der Waals surface area contributed by atoms with Gasteiger partial charge in [-0.1, -0.05) is 18.2 Å². The van der Waals surface area contributed by atoms with E-state index in [1.54, 1.807) is 12.5 Å². The number of nitrogens with one attached hydrogen (secondary N) is 2. The molecule has 0 aliphatic carbocycles. The molecule has 7 nitrogen and oxygen atoms in total. The Morgan fingerprint density at radius 2 is 1.74 bits per heavy atom. The minimum absolute atomic E-state index is 0.00363. The van der Waals surface area contributed by atoms with Crippen LogP contribution >= 0.6 is 0 Å². The Balaban J connectivity index is 1.49. The number of carbonyl (C=O) groups excluding carboxylic acids is 2. The molecule has 3 heterocycles. The summed E-state index contributed by atoms with van der Waals surface area (Å²) in [4.78, 5) is 29.4. The van der Waals surface area contributed by atoms with Crippen molar-refractivity contribution in [2.75, 3.05) is 5.32 Å². The number of carbonyl (C=O) groups is 2. The second kappa shape index (κ2) is 8.79. The highest BCUT2D eigenvalue weighted by molar-refractivity contribution is 6.38. The Bertz CT molecular complexity index is 1430. The maximum absolute atomic E-state index is 12.9. The van der Waals surface area contributed by atoms with E-state index in [1.165, 1.54) is 12.1 Å². The smallest absolute Gasteiger partial charge is 0.350 e. The number of imide groups is 1. The Hall–Kier alpha value is -4.34. The highest BCUT2D eigenvalue weighted by Crippen LogP contribution is 2.34. The predicted molar refractivity (Wildman–Crippen MR) is 124 cm³/mol. The van der Waals surface area contributed by atoms with Crippen molar-refractivity contribution in [1.29, 1.82) is 0 Å². The molecule has 0 unspecified atom stereocenters. The summed E-state index contributed by atoms with van der Waals surface area (Å²) in [6.07, 6.45) is 3.53. The normalized spacial score (nSPS) is 14.1. The van der Waals surface area contributed by atoms with E-state index in [4.69, 9.17) is 0 Å². The number of halogens is 3. The van der Waals surface area contributed by atoms with Gasteiger partial charge in [0, 0.05) is 53.8 Å². The highest BCUT2D eigenvalue weighted by atomic mass is 19.4. The van der Waals surface area contributed by atoms with Crippen LogP contribution in [0.15, 0.2) is 79.1 Å². The minimum Gasteiger partial charge on any atom is -0.350 e. The van der Waals surface area contributed by atoms with Gasteiger partial charge in [0.2, 0.25) is 0 Å². The summed E-state index contributed by atoms with van der Waals surface area (Å²) in [5, 5.41) is 5.93. The average Bonchev–Trinajstić information content (AvgIpc) is 3.53. The zero-order valence-corrected chi connectivity index (χ0v) is 18.3. The van der Waals surface area contributed by atoms with Gasteiger partial charge >= 0.3 is 6.18 Å². The topological polar surface area (TPSA) is 81.0 Å². The summed E-state index contributed by atoms with van der Waals surface area (Å²) in [7, 11) is 0. The molecule has 1 aliphatic heterocycles. The quantitative estimate of drug-likeness (QED) is 0.385. The van der Waals surface area contributed by atoms with Gasteiger partial charge in [-0.2, -0.15) is 13.2 Å². The van der Waals surface area contributed by atoms with Gasteiger partial charge in [0.05, 0.1) is 17.5 Å². The van der Waals surface area contributed by atoms with E-state index in [2.05, 4.69) is 15.6 Å². The number of hydrogen-bond donors (Lipinski definition) is 2. The van der Waals surface area contributed by atoms with E-state index >= 15 is 0 Å². The van der Waals surface area contributed by atoms with Crippen molar-refractivity contribution in [3.05, 3.63) is 90.3 Å². The predicted octanol–water partition coefficient (Wildman–Crippen LogP) is 4.43. The van der Waals surface area contributed by atoms with Gasteiger partial charge in [-0.05, 0) is 36.8 Å². The first kappa shape index (κ1) is 22.5. The zero-order chi connectivity index (χ0) is 24.6. The molecule has 0 saturated carbocycles. The summed E-state index contributed by atoms with van der Waals surface area (Å²) in [5.74, 6) is -1.20. The lowest BCUT2D eigenvalue weighted by atomic mass is 10.0. The fourth-order valence-electron chi connectivity index (χ4n) is 4.19. The van der Waals surface area contributed by atoms with Crippen molar-refractivity contribution >= 4 is 34.0 Å². The molecule has 0 fully saturated rings. The van der Waals surface area contributed by atoms with Crippen LogP contribution in [-0.2, 0) is 28.9 Å². The van der Waals surface area contributed by atoms with Crippen LogP contribution in [0, 0.1) is 0 Å². The summed E-state index contributed by atoms with van der Waals surface area (Å²) in [5.41, 5.74) is 1.08. The molecular weight excluding hydrogens is 459 g/mol. The number of aromatic nitrogens is 3. The molecule has 2 aromatic carbocycles. The monoisotopic (exact) mass is 479 g/mol. The molecule has 2 aromatic heterocycles. The highest BCUT2D eigenvalue weighted by Gasteiger charge is 2.34. The van der Waals surface area contributed by atoms with Crippen LogP contribution in [0.2, 0.25) is 0 Å². The fraction of sp³-hybridized carbons (Fsp3) is 0.160. The third kappa shape index (κ3) is 4.42. The standard InChI is InChI=1S/C25H20F3N5O2/c26-25(27,28)16-6-8-17(9-7-16)30-22-21(23(34)31-24(22)35)19-14-33(20-5-2-1-4-18(19)20)12-3-11-32-13-10-29-15-32/h1-2,4-10,13-15H,3,11-12H2,(H2,30,31,34,35). The molecule has 10 heteroatoms. The van der Waals surface area contributed by atoms with Gasteiger partial charge in [-0.3, -0.25) is 14.9 Å². The second-order valence-corrected chi connectivity index (χ2v) is 8.14. The zero-order valence-electron chi connectivity index (χ0n) is 18.3.